The molecule has 3 aromatic rings. The van der Waals surface area contributed by atoms with Crippen LogP contribution >= 0.6 is 0 Å². The van der Waals surface area contributed by atoms with Crippen molar-refractivity contribution in [1.29, 1.82) is 0 Å². The molecule has 2 aromatic carbocycles. The first-order valence-corrected chi connectivity index (χ1v) is 12.1. The molecule has 0 radical (unpaired) electrons. The van der Waals surface area contributed by atoms with Crippen molar-refractivity contribution in [1.82, 2.24) is 14.5 Å². The molecule has 2 heterocycles. The molecule has 5 rings (SSSR count). The van der Waals surface area contributed by atoms with Crippen molar-refractivity contribution in [3.05, 3.63) is 75.6 Å². The van der Waals surface area contributed by atoms with E-state index >= 15 is 0 Å². The zero-order valence-electron chi connectivity index (χ0n) is 20.6. The fraction of sp³-hybridized carbons (Fsp3) is 0.370. The normalized spacial score (nSPS) is 17.2. The minimum Gasteiger partial charge on any atom is -0.494 e. The molecule has 1 aromatic heterocycles. The highest BCUT2D eigenvalue weighted by atomic mass is 19.1. The molecule has 1 saturated carbocycles. The third-order valence-electron chi connectivity index (χ3n) is 6.76. The van der Waals surface area contributed by atoms with Gasteiger partial charge in [0.2, 0.25) is 5.88 Å². The summed E-state index contributed by atoms with van der Waals surface area (Å²) in [5, 5.41) is 10.8. The monoisotopic (exact) mass is 509 g/mol. The number of carbonyl (C=O) groups excluding carboxylic acids is 1. The highest BCUT2D eigenvalue weighted by molar-refractivity contribution is 5.96. The Bertz CT molecular complexity index is 1350. The largest absolute Gasteiger partial charge is 0.494 e. The predicted molar refractivity (Wildman–Crippen MR) is 132 cm³/mol. The summed E-state index contributed by atoms with van der Waals surface area (Å²) in [6.07, 6.45) is 2.54. The van der Waals surface area contributed by atoms with Gasteiger partial charge >= 0.3 is 0 Å². The molecule has 37 heavy (non-hydrogen) atoms. The van der Waals surface area contributed by atoms with Crippen LogP contribution in [0.1, 0.15) is 46.9 Å². The number of carbonyl (C=O) groups is 1. The van der Waals surface area contributed by atoms with Gasteiger partial charge in [-0.25, -0.2) is 4.39 Å². The molecule has 1 amide bonds. The Balaban J connectivity index is 1.55. The molecular weight excluding hydrogens is 481 g/mol. The van der Waals surface area contributed by atoms with Crippen molar-refractivity contribution in [2.24, 2.45) is 0 Å². The number of ether oxygens (including phenoxy) is 3. The second kappa shape index (κ2) is 10.2. The molecule has 9 nitrogen and oxygen atoms in total. The molecule has 1 aliphatic carbocycles. The van der Waals surface area contributed by atoms with Gasteiger partial charge in [0.15, 0.2) is 5.56 Å². The van der Waals surface area contributed by atoms with Gasteiger partial charge in [-0.05, 0) is 49.1 Å². The summed E-state index contributed by atoms with van der Waals surface area (Å²) in [4.78, 5) is 33.2. The van der Waals surface area contributed by atoms with Crippen LogP contribution in [0.4, 0.5) is 4.39 Å². The molecule has 1 unspecified atom stereocenters. The van der Waals surface area contributed by atoms with Gasteiger partial charge in [0.05, 0.1) is 20.3 Å². The summed E-state index contributed by atoms with van der Waals surface area (Å²) in [6.45, 7) is 0.664. The number of aromatic hydroxyl groups is 1. The van der Waals surface area contributed by atoms with Crippen LogP contribution in [0.15, 0.2) is 47.3 Å². The minimum absolute atomic E-state index is 0.0117. The van der Waals surface area contributed by atoms with Gasteiger partial charge in [0.1, 0.15) is 35.4 Å². The Labute approximate surface area is 213 Å². The zero-order valence-corrected chi connectivity index (χ0v) is 20.6. The van der Waals surface area contributed by atoms with Gasteiger partial charge in [-0.3, -0.25) is 14.2 Å². The molecule has 0 bridgehead atoms. The lowest BCUT2D eigenvalue weighted by Crippen LogP contribution is -2.37. The van der Waals surface area contributed by atoms with Crippen molar-refractivity contribution in [2.45, 2.75) is 37.9 Å². The Kier molecular flexibility index (Phi) is 6.84. The number of likely N-dealkylation sites (tertiary alicyclic amines) is 1. The Morgan fingerprint density at radius 2 is 1.76 bits per heavy atom. The molecule has 1 aliphatic heterocycles. The van der Waals surface area contributed by atoms with Crippen molar-refractivity contribution in [3.63, 3.8) is 0 Å². The second-order valence-corrected chi connectivity index (χ2v) is 9.18. The van der Waals surface area contributed by atoms with Crippen LogP contribution in [0, 0.1) is 5.82 Å². The van der Waals surface area contributed by atoms with Crippen molar-refractivity contribution >= 4 is 5.91 Å². The molecule has 1 atom stereocenters. The third-order valence-corrected chi connectivity index (χ3v) is 6.76. The first-order chi connectivity index (χ1) is 17.9. The quantitative estimate of drug-likeness (QED) is 0.497. The lowest BCUT2D eigenvalue weighted by Gasteiger charge is -2.21. The molecule has 2 fully saturated rings. The molecular formula is C27H28FN3O6. The number of aromatic nitrogens is 2. The van der Waals surface area contributed by atoms with E-state index in [1.807, 2.05) is 0 Å². The van der Waals surface area contributed by atoms with E-state index in [2.05, 4.69) is 4.98 Å². The Morgan fingerprint density at radius 3 is 2.38 bits per heavy atom. The van der Waals surface area contributed by atoms with E-state index in [0.29, 0.717) is 31.0 Å². The van der Waals surface area contributed by atoms with E-state index < -0.39 is 22.9 Å². The van der Waals surface area contributed by atoms with E-state index in [0.717, 1.165) is 18.4 Å². The summed E-state index contributed by atoms with van der Waals surface area (Å²) < 4.78 is 31.4. The second-order valence-electron chi connectivity index (χ2n) is 9.18. The smallest absolute Gasteiger partial charge is 0.275 e. The highest BCUT2D eigenvalue weighted by Gasteiger charge is 2.34. The van der Waals surface area contributed by atoms with E-state index in [9.17, 15) is 19.1 Å². The van der Waals surface area contributed by atoms with Crippen molar-refractivity contribution < 1.29 is 28.5 Å². The fourth-order valence-electron chi connectivity index (χ4n) is 4.66. The number of benzene rings is 2. The van der Waals surface area contributed by atoms with Crippen LogP contribution in [0.3, 0.4) is 0 Å². The highest BCUT2D eigenvalue weighted by Crippen LogP contribution is 2.34. The zero-order chi connectivity index (χ0) is 26.1. The van der Waals surface area contributed by atoms with Gasteiger partial charge in [0, 0.05) is 19.0 Å². The van der Waals surface area contributed by atoms with E-state index in [-0.39, 0.29) is 36.0 Å². The first-order valence-electron chi connectivity index (χ1n) is 12.1. The van der Waals surface area contributed by atoms with Gasteiger partial charge in [-0.1, -0.05) is 18.2 Å². The first kappa shape index (κ1) is 24.8. The van der Waals surface area contributed by atoms with Crippen LogP contribution in [0.5, 0.6) is 17.4 Å². The maximum atomic E-state index is 13.9. The number of methoxy groups -OCH3 is 2. The number of hydrogen-bond acceptors (Lipinski definition) is 7. The summed E-state index contributed by atoms with van der Waals surface area (Å²) in [7, 11) is 2.92. The van der Waals surface area contributed by atoms with E-state index in [4.69, 9.17) is 14.2 Å². The number of para-hydroxylation sites is 1. The van der Waals surface area contributed by atoms with Crippen LogP contribution in [-0.2, 0) is 11.3 Å². The van der Waals surface area contributed by atoms with Crippen LogP contribution in [0.25, 0.3) is 5.69 Å². The summed E-state index contributed by atoms with van der Waals surface area (Å²) in [6, 6.07) is 11.2. The van der Waals surface area contributed by atoms with Crippen molar-refractivity contribution in [3.8, 4) is 23.1 Å². The summed E-state index contributed by atoms with van der Waals surface area (Å²) >= 11 is 0. The fourth-order valence-corrected chi connectivity index (χ4v) is 4.66. The molecule has 10 heteroatoms. The standard InChI is InChI=1S/C27H28FN3O6/c1-35-20-4-3-5-21(36-2)24(20)31-22(15-37-19-10-11-19)29-25(32)23(27(31)34)26(33)30-13-12-17(14-30)16-6-8-18(28)9-7-16/h3-9,17,19,32H,10-15H2,1-2H3. The number of halogens is 1. The number of amides is 1. The molecule has 1 N–H and O–H groups in total. The average Bonchev–Trinajstić information content (AvgIpc) is 3.60. The molecule has 0 spiro atoms. The Hall–Kier alpha value is -3.92. The maximum absolute atomic E-state index is 13.9. The molecule has 1 saturated heterocycles. The lowest BCUT2D eigenvalue weighted by molar-refractivity contribution is 0.0781. The van der Waals surface area contributed by atoms with Gasteiger partial charge in [0.25, 0.3) is 11.5 Å². The van der Waals surface area contributed by atoms with Gasteiger partial charge in [-0.15, -0.1) is 0 Å². The van der Waals surface area contributed by atoms with Gasteiger partial charge in [-0.2, -0.15) is 4.98 Å². The number of rotatable bonds is 8. The molecule has 2 aliphatic rings. The van der Waals surface area contributed by atoms with Crippen LogP contribution in [0.2, 0.25) is 0 Å². The third kappa shape index (κ3) is 4.89. The lowest BCUT2D eigenvalue weighted by atomic mass is 9.99. The van der Waals surface area contributed by atoms with E-state index in [1.54, 1.807) is 30.3 Å². The molecule has 194 valence electrons. The number of hydrogen-bond donors (Lipinski definition) is 1. The van der Waals surface area contributed by atoms with Crippen LogP contribution < -0.4 is 15.0 Å². The van der Waals surface area contributed by atoms with E-state index in [1.165, 1.54) is 35.8 Å². The number of nitrogens with zero attached hydrogens (tertiary/aromatic N) is 3. The summed E-state index contributed by atoms with van der Waals surface area (Å²) in [5.41, 5.74) is -0.0235. The average molecular weight is 510 g/mol. The SMILES string of the molecule is COc1cccc(OC)c1-n1c(COC2CC2)nc(O)c(C(=O)N2CCC(c3ccc(F)cc3)C2)c1=O. The van der Waals surface area contributed by atoms with Crippen molar-refractivity contribution in [2.75, 3.05) is 27.3 Å². The minimum atomic E-state index is -0.750. The van der Waals surface area contributed by atoms with Crippen LogP contribution in [-0.4, -0.2) is 58.9 Å². The maximum Gasteiger partial charge on any atom is 0.275 e. The Morgan fingerprint density at radius 1 is 1.08 bits per heavy atom. The predicted octanol–water partition coefficient (Wildman–Crippen LogP) is 3.40. The topological polar surface area (TPSA) is 103 Å². The van der Waals surface area contributed by atoms with Gasteiger partial charge < -0.3 is 24.2 Å². The summed E-state index contributed by atoms with van der Waals surface area (Å²) in [5.74, 6) is -0.836.